The summed E-state index contributed by atoms with van der Waals surface area (Å²) in [5, 5.41) is 9.04. The van der Waals surface area contributed by atoms with Gasteiger partial charge < -0.3 is 10.0 Å². The molecule has 0 heterocycles. The Kier molecular flexibility index (Phi) is 4.44. The van der Waals surface area contributed by atoms with Gasteiger partial charge in [0.05, 0.1) is 16.8 Å². The number of carbonyl (C=O) groups is 1. The maximum Gasteiger partial charge on any atom is 0.416 e. The van der Waals surface area contributed by atoms with E-state index in [1.807, 2.05) is 13.8 Å². The highest BCUT2D eigenvalue weighted by Crippen LogP contribution is 2.32. The van der Waals surface area contributed by atoms with Crippen LogP contribution in [0.4, 0.5) is 18.9 Å². The summed E-state index contributed by atoms with van der Waals surface area (Å²) in [5.41, 5.74) is -1.00. The van der Waals surface area contributed by atoms with E-state index in [0.717, 1.165) is 6.07 Å². The van der Waals surface area contributed by atoms with Crippen LogP contribution in [0.3, 0.4) is 0 Å². The molecule has 0 aromatic heterocycles. The SMILES string of the molecule is CC(C)CN(C)c1ccc(C(F)(F)F)cc1C(=O)O. The van der Waals surface area contributed by atoms with E-state index in [-0.39, 0.29) is 17.2 Å². The average molecular weight is 275 g/mol. The number of carboxylic acid groups (broad SMARTS) is 1. The third-order valence-corrected chi connectivity index (χ3v) is 2.60. The zero-order chi connectivity index (χ0) is 14.8. The number of nitrogens with zero attached hydrogens (tertiary/aromatic N) is 1. The molecule has 1 rings (SSSR count). The third kappa shape index (κ3) is 3.87. The number of aromatic carboxylic acids is 1. The first-order valence-corrected chi connectivity index (χ1v) is 5.78. The summed E-state index contributed by atoms with van der Waals surface area (Å²) < 4.78 is 37.7. The van der Waals surface area contributed by atoms with Crippen molar-refractivity contribution in [2.24, 2.45) is 5.92 Å². The second-order valence-electron chi connectivity index (χ2n) is 4.81. The van der Waals surface area contributed by atoms with Crippen molar-refractivity contribution in [1.29, 1.82) is 0 Å². The van der Waals surface area contributed by atoms with Gasteiger partial charge in [0.25, 0.3) is 0 Å². The second-order valence-corrected chi connectivity index (χ2v) is 4.81. The van der Waals surface area contributed by atoms with Crippen LogP contribution in [-0.2, 0) is 6.18 Å². The molecule has 0 spiro atoms. The molecule has 0 aliphatic carbocycles. The van der Waals surface area contributed by atoms with Gasteiger partial charge in [-0.25, -0.2) is 4.79 Å². The predicted octanol–water partition coefficient (Wildman–Crippen LogP) is 3.50. The molecule has 0 saturated heterocycles. The zero-order valence-corrected chi connectivity index (χ0v) is 11.0. The van der Waals surface area contributed by atoms with E-state index in [0.29, 0.717) is 12.6 Å². The lowest BCUT2D eigenvalue weighted by Gasteiger charge is -2.23. The van der Waals surface area contributed by atoms with Gasteiger partial charge in [0.2, 0.25) is 0 Å². The summed E-state index contributed by atoms with van der Waals surface area (Å²) in [4.78, 5) is 12.7. The quantitative estimate of drug-likeness (QED) is 0.914. The van der Waals surface area contributed by atoms with E-state index >= 15 is 0 Å². The van der Waals surface area contributed by atoms with E-state index in [1.54, 1.807) is 11.9 Å². The van der Waals surface area contributed by atoms with E-state index in [4.69, 9.17) is 5.11 Å². The smallest absolute Gasteiger partial charge is 0.416 e. The van der Waals surface area contributed by atoms with Crippen LogP contribution in [0.1, 0.15) is 29.8 Å². The Bertz CT molecular complexity index is 469. The van der Waals surface area contributed by atoms with Gasteiger partial charge in [0, 0.05) is 13.6 Å². The molecule has 0 atom stereocenters. The number of anilines is 1. The van der Waals surface area contributed by atoms with E-state index in [1.165, 1.54) is 6.07 Å². The molecule has 19 heavy (non-hydrogen) atoms. The first-order valence-electron chi connectivity index (χ1n) is 5.78. The minimum Gasteiger partial charge on any atom is -0.478 e. The molecule has 0 aliphatic heterocycles. The van der Waals surface area contributed by atoms with Gasteiger partial charge in [-0.05, 0) is 24.1 Å². The number of hydrogen-bond acceptors (Lipinski definition) is 2. The Morgan fingerprint density at radius 1 is 1.37 bits per heavy atom. The molecule has 0 unspecified atom stereocenters. The second kappa shape index (κ2) is 5.50. The van der Waals surface area contributed by atoms with Crippen molar-refractivity contribution in [2.75, 3.05) is 18.5 Å². The number of hydrogen-bond donors (Lipinski definition) is 1. The van der Waals surface area contributed by atoms with Gasteiger partial charge >= 0.3 is 12.1 Å². The predicted molar refractivity (Wildman–Crippen MR) is 66.5 cm³/mol. The minimum absolute atomic E-state index is 0.272. The number of carboxylic acids is 1. The van der Waals surface area contributed by atoms with Crippen molar-refractivity contribution in [1.82, 2.24) is 0 Å². The fraction of sp³-hybridized carbons (Fsp3) is 0.462. The van der Waals surface area contributed by atoms with Crippen molar-refractivity contribution >= 4 is 11.7 Å². The summed E-state index contributed by atoms with van der Waals surface area (Å²) in [6.07, 6.45) is -4.54. The molecule has 0 aliphatic rings. The Hall–Kier alpha value is -1.72. The first-order chi connectivity index (χ1) is 8.62. The van der Waals surface area contributed by atoms with Gasteiger partial charge in [-0.1, -0.05) is 13.8 Å². The molecule has 0 saturated carbocycles. The Balaban J connectivity index is 3.23. The number of alkyl halides is 3. The highest BCUT2D eigenvalue weighted by molar-refractivity contribution is 5.94. The molecule has 0 amide bonds. The van der Waals surface area contributed by atoms with Gasteiger partial charge in [-0.15, -0.1) is 0 Å². The zero-order valence-electron chi connectivity index (χ0n) is 11.0. The van der Waals surface area contributed by atoms with E-state index < -0.39 is 17.7 Å². The molecular formula is C13H16F3NO2. The van der Waals surface area contributed by atoms with Crippen molar-refractivity contribution in [3.8, 4) is 0 Å². The van der Waals surface area contributed by atoms with Gasteiger partial charge in [0.1, 0.15) is 0 Å². The maximum absolute atomic E-state index is 12.6. The molecule has 6 heteroatoms. The van der Waals surface area contributed by atoms with Crippen LogP contribution in [0.25, 0.3) is 0 Å². The van der Waals surface area contributed by atoms with Gasteiger partial charge in [0.15, 0.2) is 0 Å². The summed E-state index contributed by atoms with van der Waals surface area (Å²) in [6, 6.07) is 2.78. The standard InChI is InChI=1S/C13H16F3NO2/c1-8(2)7-17(3)11-5-4-9(13(14,15)16)6-10(11)12(18)19/h4-6,8H,7H2,1-3H3,(H,18,19). The number of rotatable bonds is 4. The van der Waals surface area contributed by atoms with Gasteiger partial charge in [-0.2, -0.15) is 13.2 Å². The van der Waals surface area contributed by atoms with Crippen LogP contribution in [0.15, 0.2) is 18.2 Å². The molecule has 1 aromatic rings. The highest BCUT2D eigenvalue weighted by atomic mass is 19.4. The minimum atomic E-state index is -4.54. The Morgan fingerprint density at radius 3 is 2.37 bits per heavy atom. The topological polar surface area (TPSA) is 40.5 Å². The molecule has 106 valence electrons. The van der Waals surface area contributed by atoms with Crippen molar-refractivity contribution in [3.63, 3.8) is 0 Å². The molecular weight excluding hydrogens is 259 g/mol. The van der Waals surface area contributed by atoms with Crippen LogP contribution in [0.2, 0.25) is 0 Å². The molecule has 3 nitrogen and oxygen atoms in total. The fourth-order valence-corrected chi connectivity index (χ4v) is 1.86. The summed E-state index contributed by atoms with van der Waals surface area (Å²) in [5.74, 6) is -1.09. The van der Waals surface area contributed by atoms with Crippen molar-refractivity contribution in [2.45, 2.75) is 20.0 Å². The lowest BCUT2D eigenvalue weighted by molar-refractivity contribution is -0.137. The van der Waals surface area contributed by atoms with Crippen LogP contribution in [0.5, 0.6) is 0 Å². The van der Waals surface area contributed by atoms with Gasteiger partial charge in [-0.3, -0.25) is 0 Å². The summed E-state index contributed by atoms with van der Waals surface area (Å²) in [6.45, 7) is 4.45. The normalized spacial score (nSPS) is 11.7. The third-order valence-electron chi connectivity index (χ3n) is 2.60. The lowest BCUT2D eigenvalue weighted by atomic mass is 10.1. The van der Waals surface area contributed by atoms with Crippen LogP contribution in [0, 0.1) is 5.92 Å². The van der Waals surface area contributed by atoms with Crippen molar-refractivity contribution < 1.29 is 23.1 Å². The first kappa shape index (κ1) is 15.3. The number of halogens is 3. The van der Waals surface area contributed by atoms with E-state index in [2.05, 4.69) is 0 Å². The fourth-order valence-electron chi connectivity index (χ4n) is 1.86. The lowest BCUT2D eigenvalue weighted by Crippen LogP contribution is -2.25. The monoisotopic (exact) mass is 275 g/mol. The van der Waals surface area contributed by atoms with Crippen LogP contribution >= 0.6 is 0 Å². The van der Waals surface area contributed by atoms with E-state index in [9.17, 15) is 18.0 Å². The largest absolute Gasteiger partial charge is 0.478 e. The highest BCUT2D eigenvalue weighted by Gasteiger charge is 2.32. The van der Waals surface area contributed by atoms with Crippen molar-refractivity contribution in [3.05, 3.63) is 29.3 Å². The number of benzene rings is 1. The molecule has 0 fully saturated rings. The maximum atomic E-state index is 12.6. The average Bonchev–Trinajstić information content (AvgIpc) is 2.25. The molecule has 0 radical (unpaired) electrons. The Labute approximate surface area is 109 Å². The molecule has 1 N–H and O–H groups in total. The molecule has 1 aromatic carbocycles. The summed E-state index contributed by atoms with van der Waals surface area (Å²) in [7, 11) is 1.66. The van der Waals surface area contributed by atoms with Crippen LogP contribution < -0.4 is 4.90 Å². The Morgan fingerprint density at radius 2 is 1.95 bits per heavy atom. The van der Waals surface area contributed by atoms with Crippen LogP contribution in [-0.4, -0.2) is 24.7 Å². The summed E-state index contributed by atoms with van der Waals surface area (Å²) >= 11 is 0. The molecule has 0 bridgehead atoms.